The highest BCUT2D eigenvalue weighted by atomic mass is 35.5. The number of nitrogen functional groups attached to an aromatic ring is 1. The van der Waals surface area contributed by atoms with Gasteiger partial charge < -0.3 is 21.7 Å². The highest BCUT2D eigenvalue weighted by molar-refractivity contribution is 5.96. The first-order chi connectivity index (χ1) is 17.3. The van der Waals surface area contributed by atoms with E-state index < -0.39 is 6.04 Å². The topological polar surface area (TPSA) is 120 Å². The number of amides is 2. The molecule has 0 spiro atoms. The van der Waals surface area contributed by atoms with E-state index in [-0.39, 0.29) is 48.4 Å². The van der Waals surface area contributed by atoms with Crippen LogP contribution in [0.3, 0.4) is 0 Å². The van der Waals surface area contributed by atoms with Crippen LogP contribution in [0.5, 0.6) is 0 Å². The largest absolute Gasteiger partial charge is 0.384 e. The van der Waals surface area contributed by atoms with E-state index in [1.165, 1.54) is 11.1 Å². The average Bonchev–Trinajstić information content (AvgIpc) is 2.89. The standard InChI is InChI=1S/C29H35N5O2.ClH/c1-20(2)27(34-26(35)19-33-24-15-9-14-23(18-24)28(30)31)29(36)32-17-16-25(21-10-5-3-6-11-21)22-12-7-4-8-13-22;/h3-15,18,20,25,27,33H,16-17,19H2,1-2H3,(H3,30,31)(H,32,36)(H,34,35);1H. The second-order valence-electron chi connectivity index (χ2n) is 9.09. The molecule has 0 bridgehead atoms. The Morgan fingerprint density at radius 2 is 1.49 bits per heavy atom. The monoisotopic (exact) mass is 521 g/mol. The summed E-state index contributed by atoms with van der Waals surface area (Å²) in [6.07, 6.45) is 0.743. The van der Waals surface area contributed by atoms with Crippen LogP contribution in [0, 0.1) is 11.3 Å². The quantitative estimate of drug-likeness (QED) is 0.180. The third-order valence-electron chi connectivity index (χ3n) is 6.03. The van der Waals surface area contributed by atoms with Gasteiger partial charge in [0.05, 0.1) is 6.54 Å². The third-order valence-corrected chi connectivity index (χ3v) is 6.03. The Hall–Kier alpha value is -3.84. The van der Waals surface area contributed by atoms with Crippen LogP contribution in [0.25, 0.3) is 0 Å². The summed E-state index contributed by atoms with van der Waals surface area (Å²) in [5, 5.41) is 16.4. The number of rotatable bonds is 12. The van der Waals surface area contributed by atoms with Crippen LogP contribution in [0.4, 0.5) is 5.69 Å². The minimum atomic E-state index is -0.644. The summed E-state index contributed by atoms with van der Waals surface area (Å²) in [5.41, 5.74) is 9.18. The number of halogens is 1. The lowest BCUT2D eigenvalue weighted by Crippen LogP contribution is -2.51. The maximum absolute atomic E-state index is 13.0. The van der Waals surface area contributed by atoms with Gasteiger partial charge in [-0.3, -0.25) is 15.0 Å². The van der Waals surface area contributed by atoms with Crippen LogP contribution in [-0.2, 0) is 9.59 Å². The summed E-state index contributed by atoms with van der Waals surface area (Å²) in [5.74, 6) is -0.439. The molecule has 0 radical (unpaired) electrons. The summed E-state index contributed by atoms with van der Waals surface area (Å²) in [4.78, 5) is 25.6. The van der Waals surface area contributed by atoms with Gasteiger partial charge in [0.15, 0.2) is 0 Å². The van der Waals surface area contributed by atoms with Crippen molar-refractivity contribution < 1.29 is 9.59 Å². The van der Waals surface area contributed by atoms with E-state index in [0.717, 1.165) is 6.42 Å². The first-order valence-corrected chi connectivity index (χ1v) is 12.2. The minimum absolute atomic E-state index is 0. The van der Waals surface area contributed by atoms with Crippen molar-refractivity contribution in [3.8, 4) is 0 Å². The molecule has 3 aromatic carbocycles. The zero-order valence-electron chi connectivity index (χ0n) is 21.2. The Morgan fingerprint density at radius 1 is 0.892 bits per heavy atom. The Morgan fingerprint density at radius 3 is 2.03 bits per heavy atom. The number of amidine groups is 1. The first-order valence-electron chi connectivity index (χ1n) is 12.2. The molecule has 0 aliphatic carbocycles. The lowest BCUT2D eigenvalue weighted by Gasteiger charge is -2.23. The fourth-order valence-electron chi connectivity index (χ4n) is 4.08. The van der Waals surface area contributed by atoms with E-state index in [4.69, 9.17) is 11.1 Å². The zero-order chi connectivity index (χ0) is 25.9. The van der Waals surface area contributed by atoms with E-state index >= 15 is 0 Å². The van der Waals surface area contributed by atoms with Crippen LogP contribution in [0.15, 0.2) is 84.9 Å². The fraction of sp³-hybridized carbons (Fsp3) is 0.276. The molecule has 7 nitrogen and oxygen atoms in total. The molecule has 0 saturated carbocycles. The second kappa shape index (κ2) is 14.7. The van der Waals surface area contributed by atoms with Gasteiger partial charge in [0, 0.05) is 23.7 Å². The van der Waals surface area contributed by atoms with Gasteiger partial charge >= 0.3 is 0 Å². The van der Waals surface area contributed by atoms with Crippen molar-refractivity contribution in [2.45, 2.75) is 32.2 Å². The molecule has 3 rings (SSSR count). The van der Waals surface area contributed by atoms with Gasteiger partial charge in [-0.2, -0.15) is 0 Å². The molecule has 0 heterocycles. The Labute approximate surface area is 225 Å². The van der Waals surface area contributed by atoms with Crippen LogP contribution >= 0.6 is 12.4 Å². The predicted molar refractivity (Wildman–Crippen MR) is 152 cm³/mol. The van der Waals surface area contributed by atoms with E-state index in [0.29, 0.717) is 17.8 Å². The van der Waals surface area contributed by atoms with Crippen molar-refractivity contribution in [2.24, 2.45) is 11.7 Å². The number of carbonyl (C=O) groups excluding carboxylic acids is 2. The Balaban J connectivity index is 0.00000481. The van der Waals surface area contributed by atoms with Crippen molar-refractivity contribution in [2.75, 3.05) is 18.4 Å². The number of nitrogens with one attached hydrogen (secondary N) is 4. The maximum Gasteiger partial charge on any atom is 0.242 e. The summed E-state index contributed by atoms with van der Waals surface area (Å²) in [6, 6.07) is 26.9. The molecule has 2 amide bonds. The lowest BCUT2D eigenvalue weighted by molar-refractivity contribution is -0.129. The molecule has 8 heteroatoms. The number of nitrogens with two attached hydrogens (primary N) is 1. The van der Waals surface area contributed by atoms with E-state index in [2.05, 4.69) is 40.2 Å². The number of benzene rings is 3. The molecule has 0 fully saturated rings. The fourth-order valence-corrected chi connectivity index (χ4v) is 4.08. The van der Waals surface area contributed by atoms with Gasteiger partial charge in [-0.05, 0) is 35.6 Å². The molecule has 3 aromatic rings. The van der Waals surface area contributed by atoms with Crippen molar-refractivity contribution in [3.63, 3.8) is 0 Å². The Bertz CT molecular complexity index is 1120. The molecule has 196 valence electrons. The number of hydrogen-bond donors (Lipinski definition) is 5. The molecule has 0 aliphatic rings. The smallest absolute Gasteiger partial charge is 0.242 e. The van der Waals surface area contributed by atoms with Crippen molar-refractivity contribution in [1.82, 2.24) is 10.6 Å². The molecule has 6 N–H and O–H groups in total. The molecule has 0 aliphatic heterocycles. The normalized spacial score (nSPS) is 11.4. The van der Waals surface area contributed by atoms with Gasteiger partial charge in [0.25, 0.3) is 0 Å². The molecule has 0 saturated heterocycles. The summed E-state index contributed by atoms with van der Waals surface area (Å²) in [6.45, 7) is 4.31. The van der Waals surface area contributed by atoms with Crippen molar-refractivity contribution in [3.05, 3.63) is 102 Å². The zero-order valence-corrected chi connectivity index (χ0v) is 22.1. The minimum Gasteiger partial charge on any atom is -0.384 e. The van der Waals surface area contributed by atoms with E-state index in [1.54, 1.807) is 24.3 Å². The lowest BCUT2D eigenvalue weighted by atomic mass is 9.88. The third kappa shape index (κ3) is 8.95. The average molecular weight is 522 g/mol. The van der Waals surface area contributed by atoms with Crippen molar-refractivity contribution in [1.29, 1.82) is 5.41 Å². The first kappa shape index (κ1) is 29.4. The van der Waals surface area contributed by atoms with Crippen LogP contribution in [0.1, 0.15) is 42.9 Å². The predicted octanol–water partition coefficient (Wildman–Crippen LogP) is 4.28. The van der Waals surface area contributed by atoms with E-state index in [1.807, 2.05) is 50.2 Å². The molecule has 1 unspecified atom stereocenters. The van der Waals surface area contributed by atoms with Crippen molar-refractivity contribution >= 4 is 35.7 Å². The van der Waals surface area contributed by atoms with Gasteiger partial charge in [0.1, 0.15) is 11.9 Å². The molecule has 0 aromatic heterocycles. The SMILES string of the molecule is CC(C)C(NC(=O)CNc1cccc(C(=N)N)c1)C(=O)NCCC(c1ccccc1)c1ccccc1.Cl. The molecular weight excluding hydrogens is 486 g/mol. The molecule has 1 atom stereocenters. The number of hydrogen-bond acceptors (Lipinski definition) is 4. The van der Waals surface area contributed by atoms with Crippen LogP contribution in [-0.4, -0.2) is 36.8 Å². The molecular formula is C29H36ClN5O2. The second-order valence-corrected chi connectivity index (χ2v) is 9.09. The van der Waals surface area contributed by atoms with E-state index in [9.17, 15) is 9.59 Å². The number of carbonyl (C=O) groups is 2. The maximum atomic E-state index is 13.0. The molecule has 37 heavy (non-hydrogen) atoms. The van der Waals surface area contributed by atoms with Gasteiger partial charge in [-0.25, -0.2) is 0 Å². The summed E-state index contributed by atoms with van der Waals surface area (Å²) >= 11 is 0. The number of anilines is 1. The highest BCUT2D eigenvalue weighted by Gasteiger charge is 2.24. The van der Waals surface area contributed by atoms with Crippen LogP contribution in [0.2, 0.25) is 0 Å². The van der Waals surface area contributed by atoms with Crippen LogP contribution < -0.4 is 21.7 Å². The summed E-state index contributed by atoms with van der Waals surface area (Å²) in [7, 11) is 0. The van der Waals surface area contributed by atoms with Gasteiger partial charge in [-0.1, -0.05) is 86.6 Å². The summed E-state index contributed by atoms with van der Waals surface area (Å²) < 4.78 is 0. The Kier molecular flexibility index (Phi) is 11.6. The van der Waals surface area contributed by atoms with Gasteiger partial charge in [0.2, 0.25) is 11.8 Å². The highest BCUT2D eigenvalue weighted by Crippen LogP contribution is 2.27. The van der Waals surface area contributed by atoms with Gasteiger partial charge in [-0.15, -0.1) is 12.4 Å².